The van der Waals surface area contributed by atoms with Crippen LogP contribution in [0.4, 0.5) is 5.69 Å². The monoisotopic (exact) mass is 402 g/mol. The van der Waals surface area contributed by atoms with Gasteiger partial charge in [-0.15, -0.1) is 0 Å². The fraction of sp³-hybridized carbons (Fsp3) is 0.519. The van der Waals surface area contributed by atoms with Gasteiger partial charge >= 0.3 is 0 Å². The number of likely N-dealkylation sites (tertiary alicyclic amines) is 1. The van der Waals surface area contributed by atoms with Gasteiger partial charge in [-0.2, -0.15) is 0 Å². The molecule has 1 spiro atoms. The van der Waals surface area contributed by atoms with Crippen LogP contribution in [0.3, 0.4) is 0 Å². The first-order chi connectivity index (χ1) is 14.5. The molecule has 1 saturated carbocycles. The molecule has 1 aliphatic carbocycles. The first-order valence-corrected chi connectivity index (χ1v) is 11.7. The van der Waals surface area contributed by atoms with Crippen molar-refractivity contribution in [3.05, 3.63) is 64.7 Å². The number of amides is 1. The summed E-state index contributed by atoms with van der Waals surface area (Å²) in [4.78, 5) is 18.1. The van der Waals surface area contributed by atoms with Crippen molar-refractivity contribution < 1.29 is 4.79 Å². The third kappa shape index (κ3) is 3.58. The van der Waals surface area contributed by atoms with Gasteiger partial charge in [0.05, 0.1) is 0 Å². The minimum atomic E-state index is 0.138. The zero-order valence-electron chi connectivity index (χ0n) is 18.5. The van der Waals surface area contributed by atoms with Crippen molar-refractivity contribution in [2.75, 3.05) is 24.5 Å². The van der Waals surface area contributed by atoms with E-state index in [0.29, 0.717) is 5.91 Å². The number of fused-ring (bicyclic) bond motifs is 2. The molecular formula is C27H34N2O. The van der Waals surface area contributed by atoms with E-state index in [4.69, 9.17) is 0 Å². The number of rotatable bonds is 3. The van der Waals surface area contributed by atoms with Gasteiger partial charge in [0.2, 0.25) is 5.91 Å². The Hall–Kier alpha value is -2.13. The highest BCUT2D eigenvalue weighted by molar-refractivity contribution is 5.98. The average molecular weight is 403 g/mol. The van der Waals surface area contributed by atoms with Gasteiger partial charge in [-0.1, -0.05) is 60.4 Å². The lowest BCUT2D eigenvalue weighted by molar-refractivity contribution is -0.122. The van der Waals surface area contributed by atoms with Crippen molar-refractivity contribution >= 4 is 11.6 Å². The highest BCUT2D eigenvalue weighted by atomic mass is 16.2. The number of benzene rings is 2. The van der Waals surface area contributed by atoms with Crippen LogP contribution < -0.4 is 4.90 Å². The van der Waals surface area contributed by atoms with E-state index in [1.165, 1.54) is 40.8 Å². The molecule has 1 saturated heterocycles. The summed E-state index contributed by atoms with van der Waals surface area (Å²) in [5.74, 6) is 0.632. The number of hydrogen-bond donors (Lipinski definition) is 0. The van der Waals surface area contributed by atoms with Gasteiger partial charge in [0.25, 0.3) is 0 Å². The molecule has 3 heteroatoms. The van der Waals surface area contributed by atoms with Crippen LogP contribution in [0, 0.1) is 19.8 Å². The van der Waals surface area contributed by atoms with Crippen LogP contribution in [0.25, 0.3) is 0 Å². The van der Waals surface area contributed by atoms with Crippen molar-refractivity contribution in [2.24, 2.45) is 5.92 Å². The van der Waals surface area contributed by atoms with E-state index in [9.17, 15) is 4.79 Å². The summed E-state index contributed by atoms with van der Waals surface area (Å²) >= 11 is 0. The molecule has 0 radical (unpaired) electrons. The van der Waals surface area contributed by atoms with Gasteiger partial charge in [0.15, 0.2) is 0 Å². The molecule has 1 amide bonds. The molecule has 30 heavy (non-hydrogen) atoms. The summed E-state index contributed by atoms with van der Waals surface area (Å²) in [6.45, 7) is 8.45. The fourth-order valence-electron chi connectivity index (χ4n) is 5.89. The lowest BCUT2D eigenvalue weighted by Crippen LogP contribution is -2.46. The van der Waals surface area contributed by atoms with Gasteiger partial charge in [-0.05, 0) is 69.8 Å². The van der Waals surface area contributed by atoms with Crippen LogP contribution in [0.1, 0.15) is 60.8 Å². The van der Waals surface area contributed by atoms with Crippen molar-refractivity contribution in [3.8, 4) is 0 Å². The summed E-state index contributed by atoms with van der Waals surface area (Å²) in [6.07, 6.45) is 6.86. The number of anilines is 1. The average Bonchev–Trinajstić information content (AvgIpc) is 3.39. The zero-order valence-corrected chi connectivity index (χ0v) is 18.5. The molecule has 0 atom stereocenters. The topological polar surface area (TPSA) is 23.6 Å². The maximum atomic E-state index is 13.4. The van der Waals surface area contributed by atoms with Crippen LogP contribution in [0.15, 0.2) is 42.5 Å². The fourth-order valence-corrected chi connectivity index (χ4v) is 5.89. The van der Waals surface area contributed by atoms with Crippen LogP contribution in [0.2, 0.25) is 0 Å². The molecule has 158 valence electrons. The predicted molar refractivity (Wildman–Crippen MR) is 123 cm³/mol. The summed E-state index contributed by atoms with van der Waals surface area (Å²) in [6, 6.07) is 15.7. The molecule has 0 aromatic heterocycles. The molecule has 0 N–H and O–H groups in total. The van der Waals surface area contributed by atoms with E-state index in [-0.39, 0.29) is 11.3 Å². The molecule has 0 unspecified atom stereocenters. The maximum absolute atomic E-state index is 13.4. The Morgan fingerprint density at radius 1 is 0.967 bits per heavy atom. The normalized spacial score (nSPS) is 21.3. The highest BCUT2D eigenvalue weighted by Gasteiger charge is 2.47. The molecule has 2 heterocycles. The van der Waals surface area contributed by atoms with Crippen LogP contribution in [-0.2, 0) is 16.8 Å². The Bertz CT molecular complexity index is 918. The Balaban J connectivity index is 1.35. The second-order valence-electron chi connectivity index (χ2n) is 9.97. The van der Waals surface area contributed by atoms with Crippen molar-refractivity contribution in [1.82, 2.24) is 4.90 Å². The lowest BCUT2D eigenvalue weighted by atomic mass is 9.74. The van der Waals surface area contributed by atoms with Gasteiger partial charge < -0.3 is 4.90 Å². The zero-order chi connectivity index (χ0) is 20.7. The van der Waals surface area contributed by atoms with Crippen molar-refractivity contribution in [3.63, 3.8) is 0 Å². The molecule has 0 bridgehead atoms. The molecule has 5 rings (SSSR count). The number of carbonyl (C=O) groups is 1. The van der Waals surface area contributed by atoms with Crippen LogP contribution in [0.5, 0.6) is 0 Å². The van der Waals surface area contributed by atoms with Crippen molar-refractivity contribution in [1.29, 1.82) is 0 Å². The van der Waals surface area contributed by atoms with Crippen molar-refractivity contribution in [2.45, 2.75) is 64.3 Å². The summed E-state index contributed by atoms with van der Waals surface area (Å²) in [5.41, 5.74) is 6.80. The van der Waals surface area contributed by atoms with Crippen LogP contribution >= 0.6 is 0 Å². The number of aryl methyl sites for hydroxylation is 2. The summed E-state index contributed by atoms with van der Waals surface area (Å²) in [5, 5.41) is 0. The Kier molecular flexibility index (Phi) is 5.18. The third-order valence-corrected chi connectivity index (χ3v) is 7.79. The van der Waals surface area contributed by atoms with E-state index in [1.54, 1.807) is 0 Å². The number of nitrogens with zero attached hydrogens (tertiary/aromatic N) is 2. The van der Waals surface area contributed by atoms with E-state index < -0.39 is 0 Å². The number of hydrogen-bond acceptors (Lipinski definition) is 2. The molecule has 3 nitrogen and oxygen atoms in total. The summed E-state index contributed by atoms with van der Waals surface area (Å²) < 4.78 is 0. The maximum Gasteiger partial charge on any atom is 0.230 e. The number of piperidine rings is 1. The number of carbonyl (C=O) groups excluding carboxylic acids is 1. The largest absolute Gasteiger partial charge is 0.311 e. The summed E-state index contributed by atoms with van der Waals surface area (Å²) in [7, 11) is 0. The third-order valence-electron chi connectivity index (χ3n) is 7.79. The van der Waals surface area contributed by atoms with E-state index in [1.807, 2.05) is 0 Å². The molecule has 2 fully saturated rings. The predicted octanol–water partition coefficient (Wildman–Crippen LogP) is 5.37. The van der Waals surface area contributed by atoms with Gasteiger partial charge in [0.1, 0.15) is 0 Å². The molecule has 3 aliphatic rings. The van der Waals surface area contributed by atoms with Gasteiger partial charge in [-0.3, -0.25) is 9.69 Å². The quantitative estimate of drug-likeness (QED) is 0.689. The first kappa shape index (κ1) is 19.8. The van der Waals surface area contributed by atoms with Crippen LogP contribution in [-0.4, -0.2) is 30.4 Å². The molecular weight excluding hydrogens is 368 g/mol. The Labute approximate surface area is 181 Å². The Morgan fingerprint density at radius 2 is 1.63 bits per heavy atom. The SMILES string of the molecule is Cc1ccc(CN2CCC3(CC2)CN(C(=O)C2CCCC2)c2ccc(C)cc23)cc1. The molecule has 2 aromatic rings. The van der Waals surface area contributed by atoms with E-state index >= 15 is 0 Å². The lowest BCUT2D eigenvalue weighted by Gasteiger charge is -2.40. The first-order valence-electron chi connectivity index (χ1n) is 11.7. The highest BCUT2D eigenvalue weighted by Crippen LogP contribution is 2.48. The Morgan fingerprint density at radius 3 is 2.33 bits per heavy atom. The second kappa shape index (κ2) is 7.85. The van der Waals surface area contributed by atoms with E-state index in [2.05, 4.69) is 66.1 Å². The molecule has 2 aliphatic heterocycles. The second-order valence-corrected chi connectivity index (χ2v) is 9.97. The smallest absolute Gasteiger partial charge is 0.230 e. The van der Waals surface area contributed by atoms with Gasteiger partial charge in [-0.25, -0.2) is 0 Å². The molecule has 2 aromatic carbocycles. The minimum Gasteiger partial charge on any atom is -0.311 e. The van der Waals surface area contributed by atoms with E-state index in [0.717, 1.165) is 51.9 Å². The standard InChI is InChI=1S/C27H34N2O/c1-20-7-10-22(11-8-20)18-28-15-13-27(14-16-28)19-29(26(30)23-5-3-4-6-23)25-12-9-21(2)17-24(25)27/h7-12,17,23H,3-6,13-16,18-19H2,1-2H3. The minimum absolute atomic E-state index is 0.138. The van der Waals surface area contributed by atoms with Gasteiger partial charge in [0, 0.05) is 30.1 Å².